The van der Waals surface area contributed by atoms with Gasteiger partial charge in [0.1, 0.15) is 27.0 Å². The number of thiocarbonyl (C=S) groups is 1. The Morgan fingerprint density at radius 2 is 1.82 bits per heavy atom. The van der Waals surface area contributed by atoms with E-state index in [1.54, 1.807) is 36.4 Å². The van der Waals surface area contributed by atoms with Crippen LogP contribution in [0.3, 0.4) is 0 Å². The Bertz CT molecular complexity index is 1640. The summed E-state index contributed by atoms with van der Waals surface area (Å²) in [6.07, 6.45) is 3.83. The fraction of sp³-hybridized carbons (Fsp3) is 0.172. The number of carbonyl (C=O) groups is 1. The zero-order chi connectivity index (χ0) is 26.8. The molecule has 1 aliphatic heterocycles. The topological polar surface area (TPSA) is 73.1 Å². The van der Waals surface area contributed by atoms with Gasteiger partial charge in [-0.1, -0.05) is 54.3 Å². The number of carbonyl (C=O) groups excluding carboxylic acids is 1. The average molecular weight is 544 g/mol. The molecular formula is C29H25N3O4S2. The van der Waals surface area contributed by atoms with Crippen molar-refractivity contribution in [1.82, 2.24) is 14.3 Å². The highest BCUT2D eigenvalue weighted by Crippen LogP contribution is 2.34. The lowest BCUT2D eigenvalue weighted by Gasteiger charge is -2.14. The Balaban J connectivity index is 1.49. The molecule has 7 nitrogen and oxygen atoms in total. The van der Waals surface area contributed by atoms with E-state index in [2.05, 4.69) is 4.98 Å². The van der Waals surface area contributed by atoms with E-state index in [-0.39, 0.29) is 22.9 Å². The number of hydrogen-bond donors (Lipinski definition) is 0. The van der Waals surface area contributed by atoms with Gasteiger partial charge in [0.15, 0.2) is 0 Å². The molecule has 0 bridgehead atoms. The molecule has 0 N–H and O–H groups in total. The van der Waals surface area contributed by atoms with Crippen LogP contribution in [-0.4, -0.2) is 38.2 Å². The first-order valence-electron chi connectivity index (χ1n) is 12.0. The van der Waals surface area contributed by atoms with Crippen LogP contribution in [0.2, 0.25) is 0 Å². The smallest absolute Gasteiger partial charge is 0.269 e. The van der Waals surface area contributed by atoms with Crippen molar-refractivity contribution in [3.63, 3.8) is 0 Å². The quantitative estimate of drug-likeness (QED) is 0.223. The summed E-state index contributed by atoms with van der Waals surface area (Å²) in [5, 5.41) is 0. The molecular weight excluding hydrogens is 518 g/mol. The van der Waals surface area contributed by atoms with E-state index in [4.69, 9.17) is 21.7 Å². The number of rotatable bonds is 7. The highest BCUT2D eigenvalue weighted by atomic mass is 32.2. The minimum atomic E-state index is -0.329. The largest absolute Gasteiger partial charge is 0.497 e. The van der Waals surface area contributed by atoms with Crippen LogP contribution >= 0.6 is 24.0 Å². The third-order valence-corrected chi connectivity index (χ3v) is 7.56. The van der Waals surface area contributed by atoms with E-state index < -0.39 is 0 Å². The van der Waals surface area contributed by atoms with Gasteiger partial charge in [0.25, 0.3) is 11.5 Å². The van der Waals surface area contributed by atoms with Crippen molar-refractivity contribution >= 4 is 45.9 Å². The maximum absolute atomic E-state index is 13.6. The van der Waals surface area contributed by atoms with Gasteiger partial charge in [-0.05, 0) is 73.4 Å². The molecule has 0 atom stereocenters. The number of aryl methyl sites for hydroxylation is 2. The zero-order valence-electron chi connectivity index (χ0n) is 21.1. The molecule has 1 saturated heterocycles. The first-order chi connectivity index (χ1) is 18.3. The molecule has 2 aromatic heterocycles. The molecule has 38 heavy (non-hydrogen) atoms. The van der Waals surface area contributed by atoms with Gasteiger partial charge in [-0.3, -0.25) is 18.9 Å². The lowest BCUT2D eigenvalue weighted by molar-refractivity contribution is -0.122. The van der Waals surface area contributed by atoms with Crippen LogP contribution in [0.15, 0.2) is 76.6 Å². The number of methoxy groups -OCH3 is 1. The lowest BCUT2D eigenvalue weighted by atomic mass is 10.1. The van der Waals surface area contributed by atoms with Gasteiger partial charge in [-0.15, -0.1) is 0 Å². The second-order valence-electron chi connectivity index (χ2n) is 8.87. The summed E-state index contributed by atoms with van der Waals surface area (Å²) in [7, 11) is 1.62. The summed E-state index contributed by atoms with van der Waals surface area (Å²) in [6, 6.07) is 18.9. The monoisotopic (exact) mass is 543 g/mol. The Morgan fingerprint density at radius 3 is 2.55 bits per heavy atom. The van der Waals surface area contributed by atoms with Crippen molar-refractivity contribution in [3.8, 4) is 17.4 Å². The Labute approximate surface area is 229 Å². The van der Waals surface area contributed by atoms with Gasteiger partial charge in [0.2, 0.25) is 5.88 Å². The summed E-state index contributed by atoms with van der Waals surface area (Å²) >= 11 is 6.69. The molecule has 1 fully saturated rings. The van der Waals surface area contributed by atoms with Crippen molar-refractivity contribution in [2.75, 3.05) is 13.7 Å². The summed E-state index contributed by atoms with van der Waals surface area (Å²) < 4.78 is 13.2. The third kappa shape index (κ3) is 5.20. The summed E-state index contributed by atoms with van der Waals surface area (Å²) in [5.74, 6) is 1.22. The SMILES string of the molecule is COc1ccc(CCN2C(=O)/C(=C\c3c(Oc4cccc(C)c4)nc4c(C)cccn4c3=O)SC2=S)cc1. The molecule has 9 heteroatoms. The molecule has 0 spiro atoms. The van der Waals surface area contributed by atoms with E-state index >= 15 is 0 Å². The molecule has 0 radical (unpaired) electrons. The van der Waals surface area contributed by atoms with Gasteiger partial charge in [0, 0.05) is 12.7 Å². The number of aromatic nitrogens is 2. The molecule has 1 aliphatic rings. The second kappa shape index (κ2) is 10.8. The summed E-state index contributed by atoms with van der Waals surface area (Å²) in [5.41, 5.74) is 3.25. The van der Waals surface area contributed by atoms with E-state index in [0.717, 1.165) is 22.4 Å². The second-order valence-corrected chi connectivity index (χ2v) is 10.5. The number of fused-ring (bicyclic) bond motifs is 1. The van der Waals surface area contributed by atoms with E-state index in [1.165, 1.54) is 16.2 Å². The van der Waals surface area contributed by atoms with Crippen molar-refractivity contribution in [3.05, 3.63) is 104 Å². The molecule has 3 heterocycles. The fourth-order valence-corrected chi connectivity index (χ4v) is 5.43. The van der Waals surface area contributed by atoms with Crippen molar-refractivity contribution in [2.45, 2.75) is 20.3 Å². The number of hydrogen-bond acceptors (Lipinski definition) is 7. The molecule has 5 rings (SSSR count). The van der Waals surface area contributed by atoms with Crippen LogP contribution in [-0.2, 0) is 11.2 Å². The molecule has 192 valence electrons. The minimum absolute atomic E-state index is 0.137. The van der Waals surface area contributed by atoms with Crippen LogP contribution in [0.5, 0.6) is 17.4 Å². The predicted octanol–water partition coefficient (Wildman–Crippen LogP) is 5.56. The lowest BCUT2D eigenvalue weighted by Crippen LogP contribution is -2.30. The van der Waals surface area contributed by atoms with Gasteiger partial charge in [0.05, 0.1) is 12.0 Å². The molecule has 2 aromatic carbocycles. The van der Waals surface area contributed by atoms with Crippen LogP contribution < -0.4 is 15.0 Å². The van der Waals surface area contributed by atoms with Crippen molar-refractivity contribution in [2.24, 2.45) is 0 Å². The van der Waals surface area contributed by atoms with Gasteiger partial charge in [-0.2, -0.15) is 4.98 Å². The van der Waals surface area contributed by atoms with Gasteiger partial charge < -0.3 is 9.47 Å². The van der Waals surface area contributed by atoms with Crippen LogP contribution in [0.4, 0.5) is 0 Å². The maximum Gasteiger partial charge on any atom is 0.269 e. The maximum atomic E-state index is 13.6. The Hall–Kier alpha value is -3.95. The molecule has 0 aliphatic carbocycles. The van der Waals surface area contributed by atoms with Gasteiger partial charge >= 0.3 is 0 Å². The normalized spacial score (nSPS) is 14.5. The molecule has 1 amide bonds. The number of nitrogens with zero attached hydrogens (tertiary/aromatic N) is 3. The first kappa shape index (κ1) is 25.7. The molecule has 0 unspecified atom stereocenters. The Morgan fingerprint density at radius 1 is 1.03 bits per heavy atom. The summed E-state index contributed by atoms with van der Waals surface area (Å²) in [4.78, 5) is 33.5. The van der Waals surface area contributed by atoms with E-state index in [0.29, 0.717) is 33.6 Å². The fourth-order valence-electron chi connectivity index (χ4n) is 4.14. The van der Waals surface area contributed by atoms with Crippen molar-refractivity contribution < 1.29 is 14.3 Å². The third-order valence-electron chi connectivity index (χ3n) is 6.19. The van der Waals surface area contributed by atoms with Crippen LogP contribution in [0.25, 0.3) is 11.7 Å². The molecule has 4 aromatic rings. The predicted molar refractivity (Wildman–Crippen MR) is 154 cm³/mol. The number of benzene rings is 2. The van der Waals surface area contributed by atoms with Crippen LogP contribution in [0.1, 0.15) is 22.3 Å². The van der Waals surface area contributed by atoms with E-state index in [1.807, 2.05) is 62.4 Å². The highest BCUT2D eigenvalue weighted by Gasteiger charge is 2.32. The minimum Gasteiger partial charge on any atom is -0.497 e. The van der Waals surface area contributed by atoms with Crippen molar-refractivity contribution in [1.29, 1.82) is 0 Å². The number of thioether (sulfide) groups is 1. The van der Waals surface area contributed by atoms with Crippen LogP contribution in [0, 0.1) is 13.8 Å². The number of ether oxygens (including phenoxy) is 2. The standard InChI is InChI=1S/C29H25N3O4S2/c1-18-6-4-8-22(16-18)36-26-23(27(33)31-14-5-7-19(2)25(31)30-26)17-24-28(34)32(29(37)38-24)15-13-20-9-11-21(35-3)12-10-20/h4-12,14,16-17H,13,15H2,1-3H3/b24-17+. The Kier molecular flexibility index (Phi) is 7.31. The number of pyridine rings is 1. The van der Waals surface area contributed by atoms with Gasteiger partial charge in [-0.25, -0.2) is 0 Å². The highest BCUT2D eigenvalue weighted by molar-refractivity contribution is 8.26. The zero-order valence-corrected chi connectivity index (χ0v) is 22.8. The summed E-state index contributed by atoms with van der Waals surface area (Å²) in [6.45, 7) is 4.26. The van der Waals surface area contributed by atoms with E-state index in [9.17, 15) is 9.59 Å². The number of amides is 1. The first-order valence-corrected chi connectivity index (χ1v) is 13.2. The molecule has 0 saturated carbocycles. The average Bonchev–Trinajstić information content (AvgIpc) is 3.17.